The number of benzene rings is 1. The minimum absolute atomic E-state index is 0.0241. The van der Waals surface area contributed by atoms with Crippen LogP contribution in [-0.2, 0) is 15.8 Å². The molecule has 1 unspecified atom stereocenters. The van der Waals surface area contributed by atoms with Crippen molar-refractivity contribution in [1.29, 1.82) is 0 Å². The van der Waals surface area contributed by atoms with Gasteiger partial charge in [-0.05, 0) is 31.0 Å². The van der Waals surface area contributed by atoms with E-state index in [4.69, 9.17) is 11.6 Å². The summed E-state index contributed by atoms with van der Waals surface area (Å²) in [7, 11) is -3.64. The summed E-state index contributed by atoms with van der Waals surface area (Å²) in [5, 5.41) is 9.60. The SMILES string of the molecule is CCC(O)CCNS(=O)(=O)Cc1cc(Cl)ccc1F. The highest BCUT2D eigenvalue weighted by Gasteiger charge is 2.15. The molecule has 108 valence electrons. The molecule has 0 spiro atoms. The van der Waals surface area contributed by atoms with Crippen LogP contribution in [0.3, 0.4) is 0 Å². The number of halogens is 2. The van der Waals surface area contributed by atoms with Crippen LogP contribution in [0.25, 0.3) is 0 Å². The molecule has 1 aromatic carbocycles. The molecule has 0 amide bonds. The molecule has 0 aromatic heterocycles. The largest absolute Gasteiger partial charge is 0.393 e. The lowest BCUT2D eigenvalue weighted by atomic mass is 10.2. The van der Waals surface area contributed by atoms with Crippen molar-refractivity contribution in [3.05, 3.63) is 34.6 Å². The third-order valence-electron chi connectivity index (χ3n) is 2.62. The molecule has 19 heavy (non-hydrogen) atoms. The van der Waals surface area contributed by atoms with Gasteiger partial charge in [-0.2, -0.15) is 0 Å². The summed E-state index contributed by atoms with van der Waals surface area (Å²) in [6, 6.07) is 3.78. The average molecular weight is 310 g/mol. The lowest BCUT2D eigenvalue weighted by molar-refractivity contribution is 0.162. The molecule has 4 nitrogen and oxygen atoms in total. The Labute approximate surface area is 117 Å². The number of rotatable bonds is 7. The molecule has 0 aliphatic carbocycles. The minimum atomic E-state index is -3.64. The summed E-state index contributed by atoms with van der Waals surface area (Å²) < 4.78 is 39.2. The van der Waals surface area contributed by atoms with E-state index in [1.165, 1.54) is 12.1 Å². The number of hydrogen-bond acceptors (Lipinski definition) is 3. The fraction of sp³-hybridized carbons (Fsp3) is 0.500. The Morgan fingerprint density at radius 2 is 2.16 bits per heavy atom. The van der Waals surface area contributed by atoms with Crippen LogP contribution in [0.15, 0.2) is 18.2 Å². The number of nitrogens with one attached hydrogen (secondary N) is 1. The van der Waals surface area contributed by atoms with Crippen molar-refractivity contribution in [2.75, 3.05) is 6.54 Å². The molecule has 0 saturated carbocycles. The Morgan fingerprint density at radius 1 is 1.47 bits per heavy atom. The Kier molecular flexibility index (Phi) is 6.19. The third kappa shape index (κ3) is 5.86. The molecule has 0 aliphatic rings. The summed E-state index contributed by atoms with van der Waals surface area (Å²) in [5.41, 5.74) is 0.0241. The molecule has 2 N–H and O–H groups in total. The van der Waals surface area contributed by atoms with Crippen LogP contribution in [0.2, 0.25) is 5.02 Å². The van der Waals surface area contributed by atoms with E-state index in [0.717, 1.165) is 6.07 Å². The second-order valence-corrected chi connectivity index (χ2v) is 6.48. The number of sulfonamides is 1. The predicted molar refractivity (Wildman–Crippen MR) is 73.0 cm³/mol. The van der Waals surface area contributed by atoms with E-state index in [2.05, 4.69) is 4.72 Å². The Hall–Kier alpha value is -0.690. The summed E-state index contributed by atoms with van der Waals surface area (Å²) in [6.07, 6.45) is 0.351. The van der Waals surface area contributed by atoms with Gasteiger partial charge in [-0.3, -0.25) is 0 Å². The summed E-state index contributed by atoms with van der Waals surface area (Å²) in [6.45, 7) is 1.93. The molecule has 0 fully saturated rings. The normalized spacial score (nSPS) is 13.5. The molecule has 0 bridgehead atoms. The van der Waals surface area contributed by atoms with Crippen molar-refractivity contribution in [2.24, 2.45) is 0 Å². The molecular weight excluding hydrogens is 293 g/mol. The minimum Gasteiger partial charge on any atom is -0.393 e. The van der Waals surface area contributed by atoms with Crippen LogP contribution in [0.1, 0.15) is 25.3 Å². The van der Waals surface area contributed by atoms with E-state index < -0.39 is 27.7 Å². The topological polar surface area (TPSA) is 66.4 Å². The van der Waals surface area contributed by atoms with Crippen LogP contribution < -0.4 is 4.72 Å². The Bertz CT molecular complexity index is 522. The molecule has 0 heterocycles. The zero-order chi connectivity index (χ0) is 14.5. The second kappa shape index (κ2) is 7.19. The van der Waals surface area contributed by atoms with Gasteiger partial charge in [-0.1, -0.05) is 18.5 Å². The van der Waals surface area contributed by atoms with Crippen molar-refractivity contribution in [3.8, 4) is 0 Å². The molecule has 1 atom stereocenters. The first-order chi connectivity index (χ1) is 8.84. The van der Waals surface area contributed by atoms with Gasteiger partial charge in [0.05, 0.1) is 11.9 Å². The van der Waals surface area contributed by atoms with Crippen LogP contribution in [-0.4, -0.2) is 26.2 Å². The van der Waals surface area contributed by atoms with Crippen LogP contribution in [0, 0.1) is 5.82 Å². The second-order valence-electron chi connectivity index (χ2n) is 4.24. The van der Waals surface area contributed by atoms with Crippen LogP contribution in [0.5, 0.6) is 0 Å². The molecule has 7 heteroatoms. The highest BCUT2D eigenvalue weighted by atomic mass is 35.5. The molecular formula is C12H17ClFNO3S. The number of hydrogen-bond donors (Lipinski definition) is 2. The van der Waals surface area contributed by atoms with Gasteiger partial charge >= 0.3 is 0 Å². The van der Waals surface area contributed by atoms with Gasteiger partial charge in [0.25, 0.3) is 0 Å². The number of aliphatic hydroxyl groups is 1. The zero-order valence-electron chi connectivity index (χ0n) is 10.6. The molecule has 0 aliphatic heterocycles. The van der Waals surface area contributed by atoms with Crippen molar-refractivity contribution in [1.82, 2.24) is 4.72 Å². The van der Waals surface area contributed by atoms with Crippen molar-refractivity contribution in [2.45, 2.75) is 31.6 Å². The van der Waals surface area contributed by atoms with Gasteiger partial charge in [-0.25, -0.2) is 17.5 Å². The Balaban J connectivity index is 2.61. The Morgan fingerprint density at radius 3 is 2.79 bits per heavy atom. The van der Waals surface area contributed by atoms with E-state index >= 15 is 0 Å². The molecule has 1 rings (SSSR count). The molecule has 0 saturated heterocycles. The lowest BCUT2D eigenvalue weighted by Crippen LogP contribution is -2.28. The fourth-order valence-electron chi connectivity index (χ4n) is 1.49. The van der Waals surface area contributed by atoms with Crippen molar-refractivity contribution < 1.29 is 17.9 Å². The first-order valence-electron chi connectivity index (χ1n) is 5.93. The summed E-state index contributed by atoms with van der Waals surface area (Å²) in [4.78, 5) is 0. The van der Waals surface area contributed by atoms with Gasteiger partial charge in [0, 0.05) is 17.1 Å². The molecule has 1 aromatic rings. The van der Waals surface area contributed by atoms with E-state index in [0.29, 0.717) is 12.8 Å². The summed E-state index contributed by atoms with van der Waals surface area (Å²) >= 11 is 5.70. The van der Waals surface area contributed by atoms with E-state index in [1.54, 1.807) is 6.92 Å². The van der Waals surface area contributed by atoms with Gasteiger partial charge < -0.3 is 5.11 Å². The predicted octanol–water partition coefficient (Wildman–Crippen LogP) is 2.06. The number of aliphatic hydroxyl groups excluding tert-OH is 1. The fourth-order valence-corrected chi connectivity index (χ4v) is 2.85. The average Bonchev–Trinajstić information content (AvgIpc) is 2.33. The summed E-state index contributed by atoms with van der Waals surface area (Å²) in [5.74, 6) is -1.08. The monoisotopic (exact) mass is 309 g/mol. The standard InChI is InChI=1S/C12H17ClFNO3S/c1-2-11(16)5-6-15-19(17,18)8-9-7-10(13)3-4-12(9)14/h3-4,7,11,15-16H,2,5-6,8H2,1H3. The quantitative estimate of drug-likeness (QED) is 0.810. The van der Waals surface area contributed by atoms with Crippen LogP contribution in [0.4, 0.5) is 4.39 Å². The highest BCUT2D eigenvalue weighted by molar-refractivity contribution is 7.88. The van der Waals surface area contributed by atoms with Crippen molar-refractivity contribution >= 4 is 21.6 Å². The van der Waals surface area contributed by atoms with Gasteiger partial charge in [-0.15, -0.1) is 0 Å². The van der Waals surface area contributed by atoms with Crippen molar-refractivity contribution in [3.63, 3.8) is 0 Å². The van der Waals surface area contributed by atoms with E-state index in [9.17, 15) is 17.9 Å². The maximum Gasteiger partial charge on any atom is 0.215 e. The maximum absolute atomic E-state index is 13.4. The first kappa shape index (κ1) is 16.4. The molecule has 0 radical (unpaired) electrons. The van der Waals surface area contributed by atoms with Gasteiger partial charge in [0.15, 0.2) is 0 Å². The highest BCUT2D eigenvalue weighted by Crippen LogP contribution is 2.16. The van der Waals surface area contributed by atoms with Gasteiger partial charge in [0.2, 0.25) is 10.0 Å². The van der Waals surface area contributed by atoms with Gasteiger partial charge in [0.1, 0.15) is 5.82 Å². The zero-order valence-corrected chi connectivity index (χ0v) is 12.1. The van der Waals surface area contributed by atoms with E-state index in [1.807, 2.05) is 0 Å². The smallest absolute Gasteiger partial charge is 0.215 e. The lowest BCUT2D eigenvalue weighted by Gasteiger charge is -2.10. The van der Waals surface area contributed by atoms with Crippen LogP contribution >= 0.6 is 11.6 Å². The first-order valence-corrected chi connectivity index (χ1v) is 7.96. The third-order valence-corrected chi connectivity index (χ3v) is 4.19. The van der Waals surface area contributed by atoms with E-state index in [-0.39, 0.29) is 17.1 Å². The maximum atomic E-state index is 13.4.